The van der Waals surface area contributed by atoms with Gasteiger partial charge in [0.25, 0.3) is 0 Å². The maximum Gasteiger partial charge on any atom is 0.0348 e. The Morgan fingerprint density at radius 1 is 1.05 bits per heavy atom. The lowest BCUT2D eigenvalue weighted by Crippen LogP contribution is -2.21. The van der Waals surface area contributed by atoms with Gasteiger partial charge in [-0.15, -0.1) is 0 Å². The highest BCUT2D eigenvalue weighted by molar-refractivity contribution is 9.10. The monoisotopic (exact) mass is 331 g/mol. The van der Waals surface area contributed by atoms with Crippen molar-refractivity contribution in [1.29, 1.82) is 0 Å². The highest BCUT2D eigenvalue weighted by Crippen LogP contribution is 2.26. The van der Waals surface area contributed by atoms with Crippen molar-refractivity contribution in [1.82, 2.24) is 0 Å². The van der Waals surface area contributed by atoms with Crippen LogP contribution in [0.15, 0.2) is 46.9 Å². The molecule has 2 aromatic rings. The second-order valence-corrected chi connectivity index (χ2v) is 6.16. The standard InChI is InChI=1S/C18H22BrN/c1-4-16(12-15-8-6-5-7-9-15)20-17-10-13(2)18(19)14(3)11-17/h5-11,16,20H,4,12H2,1-3H3. The summed E-state index contributed by atoms with van der Waals surface area (Å²) in [7, 11) is 0. The van der Waals surface area contributed by atoms with Crippen LogP contribution in [-0.2, 0) is 6.42 Å². The number of halogens is 1. The van der Waals surface area contributed by atoms with Crippen LogP contribution >= 0.6 is 15.9 Å². The largest absolute Gasteiger partial charge is 0.382 e. The first kappa shape index (κ1) is 15.1. The van der Waals surface area contributed by atoms with Gasteiger partial charge in [-0.25, -0.2) is 0 Å². The lowest BCUT2D eigenvalue weighted by molar-refractivity contribution is 0.690. The second kappa shape index (κ2) is 6.94. The molecule has 2 rings (SSSR count). The van der Waals surface area contributed by atoms with E-state index >= 15 is 0 Å². The van der Waals surface area contributed by atoms with Gasteiger partial charge in [0.15, 0.2) is 0 Å². The molecule has 1 N–H and O–H groups in total. The average molecular weight is 332 g/mol. The molecule has 1 atom stereocenters. The summed E-state index contributed by atoms with van der Waals surface area (Å²) in [4.78, 5) is 0. The molecule has 0 aliphatic heterocycles. The Morgan fingerprint density at radius 2 is 1.65 bits per heavy atom. The van der Waals surface area contributed by atoms with Gasteiger partial charge in [0.2, 0.25) is 0 Å². The van der Waals surface area contributed by atoms with Crippen LogP contribution in [0.4, 0.5) is 5.69 Å². The Morgan fingerprint density at radius 3 is 2.20 bits per heavy atom. The van der Waals surface area contributed by atoms with Crippen LogP contribution in [0.2, 0.25) is 0 Å². The maximum absolute atomic E-state index is 3.67. The fourth-order valence-electron chi connectivity index (χ4n) is 2.46. The number of nitrogens with one attached hydrogen (secondary N) is 1. The third kappa shape index (κ3) is 3.86. The summed E-state index contributed by atoms with van der Waals surface area (Å²) < 4.78 is 1.21. The molecule has 0 radical (unpaired) electrons. The molecular formula is C18H22BrN. The Balaban J connectivity index is 2.10. The molecule has 0 bridgehead atoms. The van der Waals surface area contributed by atoms with E-state index in [0.717, 1.165) is 12.8 Å². The molecule has 2 aromatic carbocycles. The summed E-state index contributed by atoms with van der Waals surface area (Å²) in [6, 6.07) is 15.6. The van der Waals surface area contributed by atoms with Crippen LogP contribution in [0.1, 0.15) is 30.0 Å². The maximum atomic E-state index is 3.67. The number of aryl methyl sites for hydroxylation is 2. The minimum Gasteiger partial charge on any atom is -0.382 e. The summed E-state index contributed by atoms with van der Waals surface area (Å²) in [5.74, 6) is 0. The zero-order valence-electron chi connectivity index (χ0n) is 12.4. The van der Waals surface area contributed by atoms with E-state index in [-0.39, 0.29) is 0 Å². The second-order valence-electron chi connectivity index (χ2n) is 5.36. The predicted molar refractivity (Wildman–Crippen MR) is 91.5 cm³/mol. The summed E-state index contributed by atoms with van der Waals surface area (Å²) in [5.41, 5.74) is 5.16. The summed E-state index contributed by atoms with van der Waals surface area (Å²) in [6.07, 6.45) is 2.18. The van der Waals surface area contributed by atoms with Crippen LogP contribution in [0.3, 0.4) is 0 Å². The van der Waals surface area contributed by atoms with Crippen molar-refractivity contribution in [3.63, 3.8) is 0 Å². The zero-order valence-corrected chi connectivity index (χ0v) is 14.0. The van der Waals surface area contributed by atoms with Gasteiger partial charge in [0, 0.05) is 16.2 Å². The Bertz CT molecular complexity index is 540. The quantitative estimate of drug-likeness (QED) is 0.762. The minimum absolute atomic E-state index is 0.470. The molecule has 0 saturated carbocycles. The van der Waals surface area contributed by atoms with Crippen molar-refractivity contribution in [2.24, 2.45) is 0 Å². The van der Waals surface area contributed by atoms with Crippen molar-refractivity contribution in [2.45, 2.75) is 39.7 Å². The fourth-order valence-corrected chi connectivity index (χ4v) is 2.69. The Kier molecular flexibility index (Phi) is 5.24. The summed E-state index contributed by atoms with van der Waals surface area (Å²) >= 11 is 3.62. The van der Waals surface area contributed by atoms with Gasteiger partial charge in [0.1, 0.15) is 0 Å². The highest BCUT2D eigenvalue weighted by atomic mass is 79.9. The minimum atomic E-state index is 0.470. The molecule has 0 spiro atoms. The van der Waals surface area contributed by atoms with E-state index in [9.17, 15) is 0 Å². The number of hydrogen-bond donors (Lipinski definition) is 1. The molecule has 1 nitrogen and oxygen atoms in total. The van der Waals surface area contributed by atoms with Gasteiger partial charge in [0.05, 0.1) is 0 Å². The van der Waals surface area contributed by atoms with E-state index in [2.05, 4.69) is 84.5 Å². The highest BCUT2D eigenvalue weighted by Gasteiger charge is 2.09. The van der Waals surface area contributed by atoms with E-state index in [4.69, 9.17) is 0 Å². The molecule has 0 aliphatic carbocycles. The van der Waals surface area contributed by atoms with Gasteiger partial charge in [-0.05, 0) is 55.5 Å². The van der Waals surface area contributed by atoms with Gasteiger partial charge in [-0.3, -0.25) is 0 Å². The van der Waals surface area contributed by atoms with Crippen LogP contribution in [0, 0.1) is 13.8 Å². The molecular weight excluding hydrogens is 310 g/mol. The molecule has 1 unspecified atom stereocenters. The number of anilines is 1. The van der Waals surface area contributed by atoms with Gasteiger partial charge in [-0.2, -0.15) is 0 Å². The van der Waals surface area contributed by atoms with E-state index in [1.807, 2.05) is 0 Å². The first-order valence-corrected chi connectivity index (χ1v) is 7.96. The first-order chi connectivity index (χ1) is 9.60. The Labute approximate surface area is 130 Å². The van der Waals surface area contributed by atoms with Gasteiger partial charge < -0.3 is 5.32 Å². The molecule has 0 saturated heterocycles. The van der Waals surface area contributed by atoms with Crippen molar-refractivity contribution >= 4 is 21.6 Å². The van der Waals surface area contributed by atoms with E-state index < -0.39 is 0 Å². The SMILES string of the molecule is CCC(Cc1ccccc1)Nc1cc(C)c(Br)c(C)c1. The normalized spacial score (nSPS) is 12.2. The third-order valence-corrected chi connectivity index (χ3v) is 4.88. The van der Waals surface area contributed by atoms with E-state index in [1.54, 1.807) is 0 Å². The fraction of sp³-hybridized carbons (Fsp3) is 0.333. The van der Waals surface area contributed by atoms with Crippen molar-refractivity contribution in [3.05, 3.63) is 63.6 Å². The average Bonchev–Trinajstić information content (AvgIpc) is 2.45. The molecule has 0 fully saturated rings. The van der Waals surface area contributed by atoms with Gasteiger partial charge >= 0.3 is 0 Å². The number of hydrogen-bond acceptors (Lipinski definition) is 1. The predicted octanol–water partition coefficient (Wildman–Crippen LogP) is 5.50. The molecule has 106 valence electrons. The van der Waals surface area contributed by atoms with Crippen LogP contribution in [0.25, 0.3) is 0 Å². The summed E-state index contributed by atoms with van der Waals surface area (Å²) in [6.45, 7) is 6.51. The third-order valence-electron chi connectivity index (χ3n) is 3.62. The summed E-state index contributed by atoms with van der Waals surface area (Å²) in [5, 5.41) is 3.67. The van der Waals surface area contributed by atoms with Crippen molar-refractivity contribution in [2.75, 3.05) is 5.32 Å². The van der Waals surface area contributed by atoms with Gasteiger partial charge in [-0.1, -0.05) is 53.2 Å². The Hall–Kier alpha value is -1.28. The molecule has 0 heterocycles. The number of rotatable bonds is 5. The van der Waals surface area contributed by atoms with E-state index in [1.165, 1.54) is 26.9 Å². The molecule has 0 aliphatic rings. The van der Waals surface area contributed by atoms with Crippen molar-refractivity contribution in [3.8, 4) is 0 Å². The molecule has 20 heavy (non-hydrogen) atoms. The van der Waals surface area contributed by atoms with E-state index in [0.29, 0.717) is 6.04 Å². The number of benzene rings is 2. The van der Waals surface area contributed by atoms with Crippen molar-refractivity contribution < 1.29 is 0 Å². The van der Waals surface area contributed by atoms with Crippen LogP contribution in [-0.4, -0.2) is 6.04 Å². The van der Waals surface area contributed by atoms with Crippen LogP contribution in [0.5, 0.6) is 0 Å². The smallest absolute Gasteiger partial charge is 0.0348 e. The molecule has 0 aromatic heterocycles. The van der Waals surface area contributed by atoms with Crippen LogP contribution < -0.4 is 5.32 Å². The lowest BCUT2D eigenvalue weighted by atomic mass is 10.0. The molecule has 0 amide bonds. The lowest BCUT2D eigenvalue weighted by Gasteiger charge is -2.20. The topological polar surface area (TPSA) is 12.0 Å². The zero-order chi connectivity index (χ0) is 14.5. The first-order valence-electron chi connectivity index (χ1n) is 7.17. The molecule has 2 heteroatoms.